The number of carbonyl (C=O) groups excluding carboxylic acids is 1. The van der Waals surface area contributed by atoms with Crippen molar-refractivity contribution in [2.75, 3.05) is 7.05 Å². The van der Waals surface area contributed by atoms with Gasteiger partial charge >= 0.3 is 0 Å². The molecule has 164 valence electrons. The lowest BCUT2D eigenvalue weighted by atomic mass is 10.1. The summed E-state index contributed by atoms with van der Waals surface area (Å²) in [6.45, 7) is 0.284. The molecule has 0 aliphatic carbocycles. The van der Waals surface area contributed by atoms with E-state index >= 15 is 0 Å². The van der Waals surface area contributed by atoms with E-state index in [1.54, 1.807) is 19.2 Å². The third-order valence-electron chi connectivity index (χ3n) is 4.82. The van der Waals surface area contributed by atoms with E-state index in [1.165, 1.54) is 16.7 Å². The molecule has 0 radical (unpaired) electrons. The molecule has 1 aliphatic heterocycles. The molecule has 0 unspecified atom stereocenters. The summed E-state index contributed by atoms with van der Waals surface area (Å²) >= 11 is 10.8. The molecule has 1 amide bonds. The van der Waals surface area contributed by atoms with Crippen molar-refractivity contribution in [3.05, 3.63) is 97.8 Å². The highest BCUT2D eigenvalue weighted by molar-refractivity contribution is 9.10. The van der Waals surface area contributed by atoms with Crippen LogP contribution in [0.1, 0.15) is 16.7 Å². The van der Waals surface area contributed by atoms with E-state index in [-0.39, 0.29) is 12.5 Å². The molecule has 0 spiro atoms. The van der Waals surface area contributed by atoms with Crippen molar-refractivity contribution in [3.63, 3.8) is 0 Å². The summed E-state index contributed by atoms with van der Waals surface area (Å²) in [5.74, 6) is 0.524. The first-order valence-electron chi connectivity index (χ1n) is 9.87. The third-order valence-corrected chi connectivity index (χ3v) is 7.11. The molecule has 8 heteroatoms. The first-order valence-corrected chi connectivity index (χ1v) is 11.9. The SMILES string of the molecule is CN1C(=O)/C(=C\c2cccc(OCc3ccccc3C#N)c2)SC1=Nc1ccc(Br)c(Cl)c1. The Bertz CT molecular complexity index is 1330. The second-order valence-corrected chi connectivity index (χ2v) is 9.37. The molecule has 3 aromatic rings. The number of benzene rings is 3. The zero-order chi connectivity index (χ0) is 23.4. The second kappa shape index (κ2) is 10.3. The predicted molar refractivity (Wildman–Crippen MR) is 137 cm³/mol. The maximum Gasteiger partial charge on any atom is 0.266 e. The molecule has 4 rings (SSSR count). The Hall–Kier alpha value is -3.05. The summed E-state index contributed by atoms with van der Waals surface area (Å²) < 4.78 is 6.67. The molecule has 0 aromatic heterocycles. The van der Waals surface area contributed by atoms with Gasteiger partial charge in [-0.15, -0.1) is 0 Å². The van der Waals surface area contributed by atoms with Crippen molar-refractivity contribution in [3.8, 4) is 11.8 Å². The molecule has 0 N–H and O–H groups in total. The fourth-order valence-corrected chi connectivity index (χ4v) is 4.49. The van der Waals surface area contributed by atoms with Gasteiger partial charge in [-0.05, 0) is 75.7 Å². The lowest BCUT2D eigenvalue weighted by Crippen LogP contribution is -2.23. The standard InChI is InChI=1S/C25H17BrClN3O2S/c1-30-24(31)23(33-25(30)29-19-9-10-21(26)22(27)13-19)12-16-5-4-8-20(11-16)32-15-18-7-3-2-6-17(18)14-28/h2-13H,15H2,1H3/b23-12+,29-25?. The predicted octanol–water partition coefficient (Wildman–Crippen LogP) is 6.79. The highest BCUT2D eigenvalue weighted by atomic mass is 79.9. The number of hydrogen-bond donors (Lipinski definition) is 0. The van der Waals surface area contributed by atoms with E-state index in [2.05, 4.69) is 27.0 Å². The fraction of sp³-hybridized carbons (Fsp3) is 0.0800. The van der Waals surface area contributed by atoms with Gasteiger partial charge in [0, 0.05) is 17.1 Å². The number of aliphatic imine (C=N–C) groups is 1. The molecule has 5 nitrogen and oxygen atoms in total. The van der Waals surface area contributed by atoms with Gasteiger partial charge in [-0.3, -0.25) is 9.69 Å². The number of halogens is 2. The first-order chi connectivity index (χ1) is 15.9. The van der Waals surface area contributed by atoms with E-state index in [0.29, 0.717) is 32.1 Å². The van der Waals surface area contributed by atoms with Gasteiger partial charge in [0.2, 0.25) is 0 Å². The van der Waals surface area contributed by atoms with Crippen LogP contribution in [-0.4, -0.2) is 23.0 Å². The quantitative estimate of drug-likeness (QED) is 0.336. The van der Waals surface area contributed by atoms with E-state index < -0.39 is 0 Å². The molecule has 3 aromatic carbocycles. The molecule has 1 saturated heterocycles. The molecular weight excluding hydrogens is 522 g/mol. The minimum Gasteiger partial charge on any atom is -0.489 e. The number of rotatable bonds is 5. The minimum atomic E-state index is -0.128. The fourth-order valence-electron chi connectivity index (χ4n) is 3.08. The van der Waals surface area contributed by atoms with Crippen LogP contribution >= 0.6 is 39.3 Å². The summed E-state index contributed by atoms with van der Waals surface area (Å²) in [4.78, 5) is 19.4. The van der Waals surface area contributed by atoms with Crippen LogP contribution < -0.4 is 4.74 Å². The molecule has 1 aliphatic rings. The van der Waals surface area contributed by atoms with Gasteiger partial charge in [-0.2, -0.15) is 5.26 Å². The zero-order valence-electron chi connectivity index (χ0n) is 17.5. The summed E-state index contributed by atoms with van der Waals surface area (Å²) in [7, 11) is 1.70. The number of nitrogens with zero attached hydrogens (tertiary/aromatic N) is 3. The lowest BCUT2D eigenvalue weighted by molar-refractivity contribution is -0.121. The molecule has 0 saturated carbocycles. The van der Waals surface area contributed by atoms with Crippen LogP contribution in [0, 0.1) is 11.3 Å². The summed E-state index contributed by atoms with van der Waals surface area (Å²) in [5, 5.41) is 10.4. The summed E-state index contributed by atoms with van der Waals surface area (Å²) in [6, 6.07) is 22.4. The zero-order valence-corrected chi connectivity index (χ0v) is 20.6. The molecule has 1 heterocycles. The van der Waals surface area contributed by atoms with E-state index in [1.807, 2.05) is 60.7 Å². The van der Waals surface area contributed by atoms with Crippen molar-refractivity contribution in [1.29, 1.82) is 5.26 Å². The Balaban J connectivity index is 1.51. The smallest absolute Gasteiger partial charge is 0.266 e. The van der Waals surface area contributed by atoms with Crippen LogP contribution in [0.3, 0.4) is 0 Å². The van der Waals surface area contributed by atoms with Gasteiger partial charge in [0.25, 0.3) is 5.91 Å². The van der Waals surface area contributed by atoms with Gasteiger partial charge in [-0.25, -0.2) is 4.99 Å². The molecule has 33 heavy (non-hydrogen) atoms. The van der Waals surface area contributed by atoms with Crippen molar-refractivity contribution in [1.82, 2.24) is 4.90 Å². The average molecular weight is 539 g/mol. The maximum absolute atomic E-state index is 12.8. The van der Waals surface area contributed by atoms with Crippen molar-refractivity contribution in [2.24, 2.45) is 4.99 Å². The van der Waals surface area contributed by atoms with Gasteiger partial charge in [0.1, 0.15) is 12.4 Å². The highest BCUT2D eigenvalue weighted by Crippen LogP contribution is 2.35. The van der Waals surface area contributed by atoms with Gasteiger partial charge in [0.05, 0.1) is 27.2 Å². The van der Waals surface area contributed by atoms with Gasteiger partial charge < -0.3 is 4.74 Å². The maximum atomic E-state index is 12.8. The number of amidine groups is 1. The van der Waals surface area contributed by atoms with Gasteiger partial charge in [0.15, 0.2) is 5.17 Å². The Kier molecular flexibility index (Phi) is 7.19. The van der Waals surface area contributed by atoms with E-state index in [0.717, 1.165) is 15.6 Å². The van der Waals surface area contributed by atoms with Crippen molar-refractivity contribution < 1.29 is 9.53 Å². The molecule has 0 atom stereocenters. The lowest BCUT2D eigenvalue weighted by Gasteiger charge is -2.08. The monoisotopic (exact) mass is 537 g/mol. The van der Waals surface area contributed by atoms with Crippen molar-refractivity contribution >= 4 is 62.1 Å². The number of thioether (sulfide) groups is 1. The van der Waals surface area contributed by atoms with Crippen molar-refractivity contribution in [2.45, 2.75) is 6.61 Å². The third kappa shape index (κ3) is 5.48. The Morgan fingerprint density at radius 3 is 2.79 bits per heavy atom. The van der Waals surface area contributed by atoms with Crippen LogP contribution in [0.15, 0.2) is 81.1 Å². The topological polar surface area (TPSA) is 65.7 Å². The van der Waals surface area contributed by atoms with E-state index in [4.69, 9.17) is 16.3 Å². The molecule has 1 fully saturated rings. The number of amides is 1. The summed E-state index contributed by atoms with van der Waals surface area (Å²) in [5.41, 5.74) is 2.91. The van der Waals surface area contributed by atoms with Crippen LogP contribution in [0.2, 0.25) is 5.02 Å². The highest BCUT2D eigenvalue weighted by Gasteiger charge is 2.30. The van der Waals surface area contributed by atoms with Crippen LogP contribution in [0.5, 0.6) is 5.75 Å². The van der Waals surface area contributed by atoms with Gasteiger partial charge in [-0.1, -0.05) is 41.9 Å². The van der Waals surface area contributed by atoms with E-state index in [9.17, 15) is 10.1 Å². The normalized spacial score (nSPS) is 15.8. The average Bonchev–Trinajstić information content (AvgIpc) is 3.08. The Morgan fingerprint density at radius 1 is 1.18 bits per heavy atom. The number of ether oxygens (including phenoxy) is 1. The largest absolute Gasteiger partial charge is 0.489 e. The first kappa shape index (κ1) is 23.1. The summed E-state index contributed by atoms with van der Waals surface area (Å²) in [6.07, 6.45) is 1.82. The van der Waals surface area contributed by atoms with Crippen LogP contribution in [0.4, 0.5) is 5.69 Å². The minimum absolute atomic E-state index is 0.128. The van der Waals surface area contributed by atoms with Crippen LogP contribution in [0.25, 0.3) is 6.08 Å². The molecule has 0 bridgehead atoms. The number of nitriles is 1. The second-order valence-electron chi connectivity index (χ2n) is 7.10. The number of hydrogen-bond acceptors (Lipinski definition) is 5. The number of carbonyl (C=O) groups is 1. The van der Waals surface area contributed by atoms with Crippen LogP contribution in [-0.2, 0) is 11.4 Å². The molecular formula is C25H17BrClN3O2S. The number of likely N-dealkylation sites (N-methyl/N-ethyl adjacent to an activating group) is 1. The Labute approximate surface area is 209 Å². The Morgan fingerprint density at radius 2 is 2.00 bits per heavy atom.